The molecule has 1 saturated heterocycles. The van der Waals surface area contributed by atoms with Crippen LogP contribution in [0.2, 0.25) is 0 Å². The number of imidazole rings is 1. The summed E-state index contributed by atoms with van der Waals surface area (Å²) in [5.41, 5.74) is 2.44. The lowest BCUT2D eigenvalue weighted by Gasteiger charge is -2.37. The standard InChI is InChI=1S/C26H27FN6O3/c1-14-13-36-25-22-17(11-19(27)23(25)32-8-6-31(3)7-9-32)24(34)18(12-33(14)22)26(35)30-16-4-5-20-21(10-16)29-15(2)28-20/h4-5,10-12,14H,6-9,13H2,1-3H3,(H,28,29)(H,30,35)/t14-/m0/s1. The first-order chi connectivity index (χ1) is 17.3. The van der Waals surface area contributed by atoms with Gasteiger partial charge in [0.1, 0.15) is 23.7 Å². The molecule has 2 aromatic heterocycles. The van der Waals surface area contributed by atoms with Gasteiger partial charge in [0.15, 0.2) is 11.6 Å². The van der Waals surface area contributed by atoms with Gasteiger partial charge in [0.2, 0.25) is 5.43 Å². The Bertz CT molecular complexity index is 1580. The maximum absolute atomic E-state index is 15.5. The van der Waals surface area contributed by atoms with Gasteiger partial charge in [-0.05, 0) is 45.2 Å². The van der Waals surface area contributed by atoms with E-state index in [4.69, 9.17) is 4.74 Å². The Morgan fingerprint density at radius 1 is 1.22 bits per heavy atom. The van der Waals surface area contributed by atoms with Gasteiger partial charge in [-0.2, -0.15) is 0 Å². The van der Waals surface area contributed by atoms with Crippen molar-refractivity contribution in [3.8, 4) is 5.75 Å². The molecule has 0 bridgehead atoms. The molecule has 2 N–H and O–H groups in total. The SMILES string of the molecule is Cc1nc2ccc(NC(=O)c3cn4c5c(c(N6CCN(C)CC6)c(F)cc5c3=O)OC[C@@H]4C)cc2[nH]1. The number of carbonyl (C=O) groups excluding carboxylic acids is 1. The van der Waals surface area contributed by atoms with Crippen LogP contribution in [0.4, 0.5) is 15.8 Å². The van der Waals surface area contributed by atoms with Crippen molar-refractivity contribution in [2.24, 2.45) is 0 Å². The Labute approximate surface area is 206 Å². The first-order valence-electron chi connectivity index (χ1n) is 12.1. The van der Waals surface area contributed by atoms with E-state index < -0.39 is 17.2 Å². The number of nitrogens with zero attached hydrogens (tertiary/aromatic N) is 4. The highest BCUT2D eigenvalue weighted by Gasteiger charge is 2.31. The van der Waals surface area contributed by atoms with Crippen LogP contribution >= 0.6 is 0 Å². The van der Waals surface area contributed by atoms with E-state index in [2.05, 4.69) is 20.2 Å². The van der Waals surface area contributed by atoms with E-state index in [-0.39, 0.29) is 17.0 Å². The van der Waals surface area contributed by atoms with Gasteiger partial charge >= 0.3 is 0 Å². The Morgan fingerprint density at radius 2 is 2.00 bits per heavy atom. The molecule has 1 atom stereocenters. The molecule has 1 amide bonds. The lowest BCUT2D eigenvalue weighted by molar-refractivity contribution is 0.102. The van der Waals surface area contributed by atoms with Gasteiger partial charge in [0.25, 0.3) is 5.91 Å². The summed E-state index contributed by atoms with van der Waals surface area (Å²) in [5, 5.41) is 2.95. The number of ether oxygens (including phenoxy) is 1. The average Bonchev–Trinajstić information content (AvgIpc) is 3.22. The van der Waals surface area contributed by atoms with Crippen LogP contribution < -0.4 is 20.4 Å². The zero-order valence-electron chi connectivity index (χ0n) is 20.4. The molecule has 6 rings (SSSR count). The van der Waals surface area contributed by atoms with Crippen molar-refractivity contribution >= 4 is 39.2 Å². The minimum absolute atomic E-state index is 0.0464. The molecule has 4 aromatic rings. The molecule has 2 aromatic carbocycles. The number of hydrogen-bond donors (Lipinski definition) is 2. The van der Waals surface area contributed by atoms with Crippen molar-refractivity contribution in [3.05, 3.63) is 57.9 Å². The van der Waals surface area contributed by atoms with E-state index in [0.29, 0.717) is 42.3 Å². The number of aromatic nitrogens is 3. The minimum Gasteiger partial charge on any atom is -0.487 e. The maximum atomic E-state index is 15.5. The van der Waals surface area contributed by atoms with Crippen molar-refractivity contribution in [3.63, 3.8) is 0 Å². The summed E-state index contributed by atoms with van der Waals surface area (Å²) in [6.45, 7) is 7.05. The van der Waals surface area contributed by atoms with Gasteiger partial charge in [0, 0.05) is 38.1 Å². The molecule has 0 spiro atoms. The van der Waals surface area contributed by atoms with E-state index in [1.807, 2.05) is 30.4 Å². The molecule has 0 radical (unpaired) electrons. The van der Waals surface area contributed by atoms with Crippen LogP contribution in [0.25, 0.3) is 21.9 Å². The zero-order valence-corrected chi connectivity index (χ0v) is 20.4. The molecule has 36 heavy (non-hydrogen) atoms. The topological polar surface area (TPSA) is 95.5 Å². The summed E-state index contributed by atoms with van der Waals surface area (Å²) < 4.78 is 23.4. The highest BCUT2D eigenvalue weighted by Crippen LogP contribution is 2.42. The van der Waals surface area contributed by atoms with Crippen molar-refractivity contribution in [1.29, 1.82) is 0 Å². The number of halogens is 1. The van der Waals surface area contributed by atoms with Gasteiger partial charge in [-0.3, -0.25) is 9.59 Å². The first-order valence-corrected chi connectivity index (χ1v) is 12.1. The molecule has 10 heteroatoms. The van der Waals surface area contributed by atoms with Gasteiger partial charge < -0.3 is 29.4 Å². The minimum atomic E-state index is -0.551. The molecule has 0 aliphatic carbocycles. The lowest BCUT2D eigenvalue weighted by atomic mass is 10.0. The largest absolute Gasteiger partial charge is 0.487 e. The van der Waals surface area contributed by atoms with Crippen LogP contribution in [0.1, 0.15) is 29.1 Å². The number of likely N-dealkylation sites (N-methyl/N-ethyl adjacent to an activating group) is 1. The van der Waals surface area contributed by atoms with Crippen LogP contribution in [0.3, 0.4) is 0 Å². The average molecular weight is 491 g/mol. The third-order valence-electron chi connectivity index (χ3n) is 7.06. The zero-order chi connectivity index (χ0) is 25.1. The summed E-state index contributed by atoms with van der Waals surface area (Å²) in [5.74, 6) is 0.0741. The van der Waals surface area contributed by atoms with Crippen LogP contribution in [0.15, 0.2) is 35.3 Å². The Kier molecular flexibility index (Phi) is 5.22. The number of H-pyrrole nitrogens is 1. The Hall–Kier alpha value is -3.92. The van der Waals surface area contributed by atoms with Crippen molar-refractivity contribution in [2.45, 2.75) is 19.9 Å². The molecule has 4 heterocycles. The van der Waals surface area contributed by atoms with E-state index in [9.17, 15) is 9.59 Å². The third-order valence-corrected chi connectivity index (χ3v) is 7.06. The number of anilines is 2. The highest BCUT2D eigenvalue weighted by atomic mass is 19.1. The summed E-state index contributed by atoms with van der Waals surface area (Å²) in [6, 6.07) is 6.42. The normalized spacial score (nSPS) is 18.0. The van der Waals surface area contributed by atoms with Gasteiger partial charge in [-0.1, -0.05) is 0 Å². The second kappa shape index (κ2) is 8.34. The van der Waals surface area contributed by atoms with Crippen LogP contribution in [0.5, 0.6) is 5.75 Å². The number of carbonyl (C=O) groups is 1. The molecule has 9 nitrogen and oxygen atoms in total. The lowest BCUT2D eigenvalue weighted by Crippen LogP contribution is -2.45. The number of aryl methyl sites for hydroxylation is 1. The van der Waals surface area contributed by atoms with Crippen LogP contribution in [0, 0.1) is 12.7 Å². The van der Waals surface area contributed by atoms with E-state index >= 15 is 4.39 Å². The van der Waals surface area contributed by atoms with Gasteiger partial charge in [0.05, 0.1) is 28.0 Å². The smallest absolute Gasteiger partial charge is 0.261 e. The molecular weight excluding hydrogens is 463 g/mol. The van der Waals surface area contributed by atoms with Crippen molar-refractivity contribution in [2.75, 3.05) is 50.1 Å². The number of amides is 1. The molecule has 0 saturated carbocycles. The summed E-state index contributed by atoms with van der Waals surface area (Å²) in [7, 11) is 2.04. The number of hydrogen-bond acceptors (Lipinski definition) is 6. The fourth-order valence-electron chi connectivity index (χ4n) is 5.11. The number of aromatic amines is 1. The van der Waals surface area contributed by atoms with Gasteiger partial charge in [-0.15, -0.1) is 0 Å². The fraction of sp³-hybridized carbons (Fsp3) is 0.346. The second-order valence-corrected chi connectivity index (χ2v) is 9.67. The molecule has 2 aliphatic rings. The summed E-state index contributed by atoms with van der Waals surface area (Å²) >= 11 is 0. The van der Waals surface area contributed by atoms with E-state index in [1.54, 1.807) is 24.4 Å². The number of fused-ring (bicyclic) bond motifs is 1. The predicted octanol–water partition coefficient (Wildman–Crippen LogP) is 3.28. The number of piperazine rings is 1. The monoisotopic (exact) mass is 490 g/mol. The highest BCUT2D eigenvalue weighted by molar-refractivity contribution is 6.07. The summed E-state index contributed by atoms with van der Waals surface area (Å²) in [4.78, 5) is 38.4. The summed E-state index contributed by atoms with van der Waals surface area (Å²) in [6.07, 6.45) is 1.57. The predicted molar refractivity (Wildman–Crippen MR) is 137 cm³/mol. The van der Waals surface area contributed by atoms with Crippen molar-refractivity contribution in [1.82, 2.24) is 19.4 Å². The Balaban J connectivity index is 1.44. The number of pyridine rings is 1. The first kappa shape index (κ1) is 22.5. The van der Waals surface area contributed by atoms with Crippen LogP contribution in [-0.2, 0) is 0 Å². The number of nitrogens with one attached hydrogen (secondary N) is 2. The fourth-order valence-corrected chi connectivity index (χ4v) is 5.11. The van der Waals surface area contributed by atoms with E-state index in [1.165, 1.54) is 6.07 Å². The maximum Gasteiger partial charge on any atom is 0.261 e. The van der Waals surface area contributed by atoms with E-state index in [0.717, 1.165) is 29.9 Å². The van der Waals surface area contributed by atoms with Gasteiger partial charge in [-0.25, -0.2) is 9.37 Å². The molecule has 0 unspecified atom stereocenters. The number of benzene rings is 2. The quantitative estimate of drug-likeness (QED) is 0.458. The molecule has 1 fully saturated rings. The van der Waals surface area contributed by atoms with Crippen LogP contribution in [-0.4, -0.2) is 65.2 Å². The molecule has 2 aliphatic heterocycles. The molecular formula is C26H27FN6O3. The van der Waals surface area contributed by atoms with Crippen molar-refractivity contribution < 1.29 is 13.9 Å². The Morgan fingerprint density at radius 3 is 2.78 bits per heavy atom. The number of rotatable bonds is 3. The molecule has 186 valence electrons. The second-order valence-electron chi connectivity index (χ2n) is 9.67. The third kappa shape index (κ3) is 3.60.